The fraction of sp³-hybridized carbons (Fsp3) is 0.435. The summed E-state index contributed by atoms with van der Waals surface area (Å²) >= 11 is 0. The molecule has 8 heteroatoms. The molecule has 7 nitrogen and oxygen atoms in total. The van der Waals surface area contributed by atoms with E-state index in [1.165, 1.54) is 7.11 Å². The van der Waals surface area contributed by atoms with Crippen LogP contribution in [0, 0.1) is 6.92 Å². The highest BCUT2D eigenvalue weighted by molar-refractivity contribution is 7.89. The highest BCUT2D eigenvalue weighted by Crippen LogP contribution is 2.28. The van der Waals surface area contributed by atoms with Crippen molar-refractivity contribution in [1.82, 2.24) is 9.62 Å². The summed E-state index contributed by atoms with van der Waals surface area (Å²) in [5, 5.41) is 2.90. The predicted octanol–water partition coefficient (Wildman–Crippen LogP) is 3.38. The van der Waals surface area contributed by atoms with Gasteiger partial charge in [-0.05, 0) is 50.5 Å². The lowest BCUT2D eigenvalue weighted by Gasteiger charge is -2.34. The first kappa shape index (κ1) is 23.1. The Labute approximate surface area is 184 Å². The number of carbonyl (C=O) groups is 1. The van der Waals surface area contributed by atoms with Crippen molar-refractivity contribution >= 4 is 15.9 Å². The normalized spacial score (nSPS) is 17.2. The lowest BCUT2D eigenvalue weighted by Crippen LogP contribution is -2.45. The molecule has 0 spiro atoms. The SMILES string of the molecule is COc1ccc(C(=O)NCCC2CCCCN2S(=O)(=O)c2ccc(C)cc2)c(OC)c1. The standard InChI is InChI=1S/C23H30N2O5S/c1-17-7-10-20(11-8-17)31(27,28)25-15-5-4-6-18(25)13-14-24-23(26)21-12-9-19(29-2)16-22(21)30-3/h7-12,16,18H,4-6,13-15H2,1-3H3,(H,24,26). The molecule has 3 rings (SSSR count). The van der Waals surface area contributed by atoms with Crippen molar-refractivity contribution in [2.45, 2.75) is 43.5 Å². The second-order valence-electron chi connectivity index (χ2n) is 7.69. The summed E-state index contributed by atoms with van der Waals surface area (Å²) in [5.41, 5.74) is 1.43. The van der Waals surface area contributed by atoms with Crippen LogP contribution in [0.25, 0.3) is 0 Å². The molecule has 0 aromatic heterocycles. The first-order valence-corrected chi connectivity index (χ1v) is 11.9. The molecule has 1 unspecified atom stereocenters. The van der Waals surface area contributed by atoms with E-state index in [4.69, 9.17) is 9.47 Å². The zero-order chi connectivity index (χ0) is 22.4. The number of methoxy groups -OCH3 is 2. The van der Waals surface area contributed by atoms with E-state index < -0.39 is 10.0 Å². The zero-order valence-electron chi connectivity index (χ0n) is 18.3. The monoisotopic (exact) mass is 446 g/mol. The van der Waals surface area contributed by atoms with Gasteiger partial charge in [-0.15, -0.1) is 0 Å². The molecule has 31 heavy (non-hydrogen) atoms. The van der Waals surface area contributed by atoms with E-state index in [9.17, 15) is 13.2 Å². The number of amides is 1. The first-order chi connectivity index (χ1) is 14.9. The number of piperidine rings is 1. The molecule has 1 atom stereocenters. The Morgan fingerprint density at radius 1 is 1.10 bits per heavy atom. The molecule has 0 radical (unpaired) electrons. The third-order valence-corrected chi connectivity index (χ3v) is 7.58. The van der Waals surface area contributed by atoms with Gasteiger partial charge in [0.25, 0.3) is 5.91 Å². The van der Waals surface area contributed by atoms with E-state index in [2.05, 4.69) is 5.32 Å². The summed E-state index contributed by atoms with van der Waals surface area (Å²) in [6.45, 7) is 2.81. The van der Waals surface area contributed by atoms with Crippen LogP contribution in [0.4, 0.5) is 0 Å². The van der Waals surface area contributed by atoms with Crippen LogP contribution in [-0.4, -0.2) is 52.0 Å². The van der Waals surface area contributed by atoms with Crippen LogP contribution < -0.4 is 14.8 Å². The van der Waals surface area contributed by atoms with Gasteiger partial charge in [0.05, 0.1) is 24.7 Å². The van der Waals surface area contributed by atoms with Crippen molar-refractivity contribution in [3.05, 3.63) is 53.6 Å². The van der Waals surface area contributed by atoms with Crippen molar-refractivity contribution in [2.75, 3.05) is 27.3 Å². The molecular formula is C23H30N2O5S. The smallest absolute Gasteiger partial charge is 0.255 e. The lowest BCUT2D eigenvalue weighted by molar-refractivity contribution is 0.0946. The minimum atomic E-state index is -3.56. The molecule has 1 saturated heterocycles. The second-order valence-corrected chi connectivity index (χ2v) is 9.58. The third-order valence-electron chi connectivity index (χ3n) is 5.62. The summed E-state index contributed by atoms with van der Waals surface area (Å²) < 4.78 is 38.4. The van der Waals surface area contributed by atoms with Gasteiger partial charge in [0, 0.05) is 25.2 Å². The van der Waals surface area contributed by atoms with Crippen molar-refractivity contribution in [1.29, 1.82) is 0 Å². The maximum Gasteiger partial charge on any atom is 0.255 e. The Morgan fingerprint density at radius 2 is 1.84 bits per heavy atom. The summed E-state index contributed by atoms with van der Waals surface area (Å²) in [6.07, 6.45) is 3.16. The van der Waals surface area contributed by atoms with Crippen molar-refractivity contribution < 1.29 is 22.7 Å². The van der Waals surface area contributed by atoms with Gasteiger partial charge >= 0.3 is 0 Å². The highest BCUT2D eigenvalue weighted by atomic mass is 32.2. The molecule has 1 aliphatic heterocycles. The molecule has 2 aromatic carbocycles. The van der Waals surface area contributed by atoms with Gasteiger partial charge < -0.3 is 14.8 Å². The van der Waals surface area contributed by atoms with E-state index >= 15 is 0 Å². The van der Waals surface area contributed by atoms with Gasteiger partial charge in [0.2, 0.25) is 10.0 Å². The topological polar surface area (TPSA) is 84.9 Å². The average molecular weight is 447 g/mol. The minimum absolute atomic E-state index is 0.141. The number of aryl methyl sites for hydroxylation is 1. The number of nitrogens with zero attached hydrogens (tertiary/aromatic N) is 1. The summed E-state index contributed by atoms with van der Waals surface area (Å²) in [4.78, 5) is 13.0. The maximum absolute atomic E-state index is 13.2. The number of hydrogen-bond donors (Lipinski definition) is 1. The van der Waals surface area contributed by atoms with Crippen molar-refractivity contribution in [2.24, 2.45) is 0 Å². The molecule has 1 aliphatic rings. The van der Waals surface area contributed by atoms with Crippen molar-refractivity contribution in [3.63, 3.8) is 0 Å². The molecule has 1 amide bonds. The van der Waals surface area contributed by atoms with Gasteiger partial charge in [0.15, 0.2) is 0 Å². The molecule has 168 valence electrons. The van der Waals surface area contributed by atoms with E-state index in [0.29, 0.717) is 41.5 Å². The third kappa shape index (κ3) is 5.37. The number of benzene rings is 2. The van der Waals surface area contributed by atoms with Crippen LogP contribution in [-0.2, 0) is 10.0 Å². The fourth-order valence-electron chi connectivity index (χ4n) is 3.86. The number of ether oxygens (including phenoxy) is 2. The van der Waals surface area contributed by atoms with Crippen LogP contribution in [0.1, 0.15) is 41.6 Å². The van der Waals surface area contributed by atoms with E-state index in [1.54, 1.807) is 41.7 Å². The molecule has 0 saturated carbocycles. The Kier molecular flexibility index (Phi) is 7.56. The van der Waals surface area contributed by atoms with Crippen LogP contribution >= 0.6 is 0 Å². The lowest BCUT2D eigenvalue weighted by atomic mass is 10.0. The average Bonchev–Trinajstić information content (AvgIpc) is 2.79. The molecule has 0 aliphatic carbocycles. The van der Waals surface area contributed by atoms with E-state index in [0.717, 1.165) is 24.8 Å². The number of rotatable bonds is 8. The summed E-state index contributed by atoms with van der Waals surface area (Å²) in [5.74, 6) is 0.772. The Balaban J connectivity index is 1.66. The number of hydrogen-bond acceptors (Lipinski definition) is 5. The number of sulfonamides is 1. The van der Waals surface area contributed by atoms with E-state index in [-0.39, 0.29) is 11.9 Å². The van der Waals surface area contributed by atoms with Gasteiger partial charge in [-0.2, -0.15) is 4.31 Å². The second kappa shape index (κ2) is 10.2. The number of carbonyl (C=O) groups excluding carboxylic acids is 1. The van der Waals surface area contributed by atoms with Gasteiger partial charge in [-0.1, -0.05) is 24.1 Å². The molecule has 1 N–H and O–H groups in total. The quantitative estimate of drug-likeness (QED) is 0.672. The zero-order valence-corrected chi connectivity index (χ0v) is 19.1. The Morgan fingerprint density at radius 3 is 2.52 bits per heavy atom. The van der Waals surface area contributed by atoms with E-state index in [1.807, 2.05) is 19.1 Å². The van der Waals surface area contributed by atoms with Crippen molar-refractivity contribution in [3.8, 4) is 11.5 Å². The maximum atomic E-state index is 13.2. The molecule has 1 fully saturated rings. The Bertz CT molecular complexity index is 1010. The van der Waals surface area contributed by atoms with Crippen LogP contribution in [0.2, 0.25) is 0 Å². The predicted molar refractivity (Wildman–Crippen MR) is 119 cm³/mol. The minimum Gasteiger partial charge on any atom is -0.497 e. The molecule has 1 heterocycles. The molecule has 0 bridgehead atoms. The first-order valence-electron chi connectivity index (χ1n) is 10.5. The van der Waals surface area contributed by atoms with Crippen LogP contribution in [0.5, 0.6) is 11.5 Å². The summed E-state index contributed by atoms with van der Waals surface area (Å²) in [6, 6.07) is 11.8. The fourth-order valence-corrected chi connectivity index (χ4v) is 5.58. The van der Waals surface area contributed by atoms with Crippen LogP contribution in [0.15, 0.2) is 47.4 Å². The molecule has 2 aromatic rings. The van der Waals surface area contributed by atoms with Gasteiger partial charge in [0.1, 0.15) is 11.5 Å². The van der Waals surface area contributed by atoms with Gasteiger partial charge in [-0.3, -0.25) is 4.79 Å². The molecular weight excluding hydrogens is 416 g/mol. The number of nitrogens with one attached hydrogen (secondary N) is 1. The Hall–Kier alpha value is -2.58. The largest absolute Gasteiger partial charge is 0.497 e. The highest BCUT2D eigenvalue weighted by Gasteiger charge is 2.33. The summed E-state index contributed by atoms with van der Waals surface area (Å²) in [7, 11) is -0.510. The van der Waals surface area contributed by atoms with Crippen LogP contribution in [0.3, 0.4) is 0 Å². The van der Waals surface area contributed by atoms with Gasteiger partial charge in [-0.25, -0.2) is 8.42 Å².